The number of nitriles is 1. The van der Waals surface area contributed by atoms with E-state index >= 15 is 0 Å². The number of fused-ring (bicyclic) bond motifs is 1. The molecule has 2 bridgehead atoms. The number of ether oxygens (including phenoxy) is 2. The van der Waals surface area contributed by atoms with Crippen molar-refractivity contribution in [2.24, 2.45) is 0 Å². The third kappa shape index (κ3) is 1.84. The first-order valence-corrected chi connectivity index (χ1v) is 6.71. The van der Waals surface area contributed by atoms with Crippen LogP contribution in [0.2, 0.25) is 0 Å². The van der Waals surface area contributed by atoms with E-state index in [0.717, 1.165) is 19.3 Å². The summed E-state index contributed by atoms with van der Waals surface area (Å²) in [5.74, 6) is 0. The highest BCUT2D eigenvalue weighted by atomic mass is 16.6. The standard InChI is InChI=1S/C13H19NO4/c14-5-1-2-8-3-4-11-13(18-8)6-9(15)12(16)10(7-13)17-11/h8-12,15-16H,1-4,6-7H2/t8?,9-,10-,11?,12-,13+/m1/s1. The quantitative estimate of drug-likeness (QED) is 0.748. The van der Waals surface area contributed by atoms with Crippen molar-refractivity contribution in [1.29, 1.82) is 5.26 Å². The van der Waals surface area contributed by atoms with Crippen LogP contribution >= 0.6 is 0 Å². The molecule has 3 fully saturated rings. The molecule has 2 N–H and O–H groups in total. The van der Waals surface area contributed by atoms with Crippen LogP contribution in [-0.2, 0) is 9.47 Å². The van der Waals surface area contributed by atoms with Crippen molar-refractivity contribution >= 4 is 0 Å². The summed E-state index contributed by atoms with van der Waals surface area (Å²) in [7, 11) is 0. The maximum atomic E-state index is 9.89. The van der Waals surface area contributed by atoms with Gasteiger partial charge in [-0.2, -0.15) is 5.26 Å². The second-order valence-corrected chi connectivity index (χ2v) is 5.71. The van der Waals surface area contributed by atoms with Crippen LogP contribution in [0.1, 0.15) is 38.5 Å². The average molecular weight is 253 g/mol. The van der Waals surface area contributed by atoms with Gasteiger partial charge in [0.15, 0.2) is 0 Å². The highest BCUT2D eigenvalue weighted by Gasteiger charge is 2.59. The van der Waals surface area contributed by atoms with Crippen LogP contribution in [0.5, 0.6) is 0 Å². The number of aliphatic hydroxyl groups is 2. The normalized spacial score (nSPS) is 50.6. The molecule has 0 radical (unpaired) electrons. The summed E-state index contributed by atoms with van der Waals surface area (Å²) < 4.78 is 12.0. The van der Waals surface area contributed by atoms with Crippen LogP contribution in [0.25, 0.3) is 0 Å². The monoisotopic (exact) mass is 253 g/mol. The summed E-state index contributed by atoms with van der Waals surface area (Å²) >= 11 is 0. The molecule has 2 aliphatic heterocycles. The average Bonchev–Trinajstić information content (AvgIpc) is 2.68. The van der Waals surface area contributed by atoms with Gasteiger partial charge in [-0.1, -0.05) is 0 Å². The molecular formula is C13H19NO4. The Bertz CT molecular complexity index is 368. The Hall–Kier alpha value is -0.670. The minimum Gasteiger partial charge on any atom is -0.390 e. The Morgan fingerprint density at radius 3 is 2.89 bits per heavy atom. The number of aliphatic hydroxyl groups excluding tert-OH is 2. The first kappa shape index (κ1) is 12.4. The van der Waals surface area contributed by atoms with Crippen LogP contribution in [0.3, 0.4) is 0 Å². The highest BCUT2D eigenvalue weighted by Crippen LogP contribution is 2.49. The molecule has 2 saturated heterocycles. The molecule has 0 amide bonds. The van der Waals surface area contributed by atoms with E-state index < -0.39 is 17.8 Å². The minimum atomic E-state index is -0.789. The second-order valence-electron chi connectivity index (χ2n) is 5.71. The van der Waals surface area contributed by atoms with Crippen molar-refractivity contribution in [2.45, 2.75) is 74.6 Å². The van der Waals surface area contributed by atoms with Crippen LogP contribution < -0.4 is 0 Å². The fraction of sp³-hybridized carbons (Fsp3) is 0.923. The summed E-state index contributed by atoms with van der Waals surface area (Å²) in [6.45, 7) is 0. The molecule has 5 nitrogen and oxygen atoms in total. The summed E-state index contributed by atoms with van der Waals surface area (Å²) in [6, 6.07) is 2.14. The number of hydrogen-bond acceptors (Lipinski definition) is 5. The topological polar surface area (TPSA) is 82.7 Å². The number of rotatable bonds is 2. The van der Waals surface area contributed by atoms with Crippen molar-refractivity contribution in [1.82, 2.24) is 0 Å². The third-order valence-electron chi connectivity index (χ3n) is 4.53. The van der Waals surface area contributed by atoms with Crippen LogP contribution in [-0.4, -0.2) is 46.3 Å². The zero-order valence-electron chi connectivity index (χ0n) is 10.3. The first-order valence-electron chi connectivity index (χ1n) is 6.71. The van der Waals surface area contributed by atoms with Crippen molar-refractivity contribution < 1.29 is 19.7 Å². The van der Waals surface area contributed by atoms with Crippen LogP contribution in [0.15, 0.2) is 0 Å². The lowest BCUT2D eigenvalue weighted by atomic mass is 9.76. The van der Waals surface area contributed by atoms with Gasteiger partial charge in [0, 0.05) is 19.3 Å². The van der Waals surface area contributed by atoms with Gasteiger partial charge in [0.05, 0.1) is 36.1 Å². The maximum Gasteiger partial charge on any atom is 0.106 e. The molecule has 2 unspecified atom stereocenters. The van der Waals surface area contributed by atoms with Gasteiger partial charge in [-0.15, -0.1) is 0 Å². The van der Waals surface area contributed by atoms with Crippen molar-refractivity contribution in [3.63, 3.8) is 0 Å². The van der Waals surface area contributed by atoms with Gasteiger partial charge in [0.1, 0.15) is 6.10 Å². The third-order valence-corrected chi connectivity index (χ3v) is 4.53. The predicted molar refractivity (Wildman–Crippen MR) is 61.6 cm³/mol. The molecule has 1 saturated carbocycles. The summed E-state index contributed by atoms with van der Waals surface area (Å²) in [6.07, 6.45) is 2.38. The molecule has 0 aromatic rings. The molecule has 5 heteroatoms. The Kier molecular flexibility index (Phi) is 3.07. The lowest BCUT2D eigenvalue weighted by Gasteiger charge is -2.44. The largest absolute Gasteiger partial charge is 0.390 e. The van der Waals surface area contributed by atoms with Gasteiger partial charge in [0.2, 0.25) is 0 Å². The molecule has 18 heavy (non-hydrogen) atoms. The van der Waals surface area contributed by atoms with E-state index in [1.54, 1.807) is 0 Å². The van der Waals surface area contributed by atoms with Gasteiger partial charge in [-0.05, 0) is 19.3 Å². The number of nitrogens with zero attached hydrogens (tertiary/aromatic N) is 1. The van der Waals surface area contributed by atoms with Crippen molar-refractivity contribution in [3.05, 3.63) is 0 Å². The zero-order valence-corrected chi connectivity index (χ0v) is 10.3. The Balaban J connectivity index is 1.74. The smallest absolute Gasteiger partial charge is 0.106 e. The van der Waals surface area contributed by atoms with Gasteiger partial charge >= 0.3 is 0 Å². The van der Waals surface area contributed by atoms with Gasteiger partial charge in [-0.25, -0.2) is 0 Å². The molecule has 3 aliphatic rings. The Labute approximate surface area is 106 Å². The molecule has 6 atom stereocenters. The fourth-order valence-electron chi connectivity index (χ4n) is 3.65. The molecule has 2 heterocycles. The molecule has 0 aromatic heterocycles. The Morgan fingerprint density at radius 2 is 2.11 bits per heavy atom. The molecule has 1 spiro atoms. The Morgan fingerprint density at radius 1 is 1.28 bits per heavy atom. The molecule has 0 aromatic carbocycles. The molecule has 100 valence electrons. The first-order chi connectivity index (χ1) is 8.64. The lowest BCUT2D eigenvalue weighted by Crippen LogP contribution is -2.54. The maximum absolute atomic E-state index is 9.89. The van der Waals surface area contributed by atoms with Crippen molar-refractivity contribution in [3.8, 4) is 6.07 Å². The molecule has 1 aliphatic carbocycles. The number of hydrogen-bond donors (Lipinski definition) is 2. The predicted octanol–water partition coefficient (Wildman–Crippen LogP) is 0.491. The van der Waals surface area contributed by atoms with Gasteiger partial charge in [-0.3, -0.25) is 0 Å². The molecule has 3 rings (SSSR count). The van der Waals surface area contributed by atoms with Gasteiger partial charge in [0.25, 0.3) is 0 Å². The van der Waals surface area contributed by atoms with E-state index in [4.69, 9.17) is 14.7 Å². The van der Waals surface area contributed by atoms with Crippen molar-refractivity contribution in [2.75, 3.05) is 0 Å². The highest BCUT2D eigenvalue weighted by molar-refractivity contribution is 5.09. The zero-order chi connectivity index (χ0) is 12.8. The summed E-state index contributed by atoms with van der Waals surface area (Å²) in [5.41, 5.74) is -0.429. The second kappa shape index (κ2) is 4.46. The van der Waals surface area contributed by atoms with Crippen LogP contribution in [0, 0.1) is 11.3 Å². The summed E-state index contributed by atoms with van der Waals surface area (Å²) in [5, 5.41) is 28.4. The van der Waals surface area contributed by atoms with Gasteiger partial charge < -0.3 is 19.7 Å². The SMILES string of the molecule is N#CCCC1CCC2O[C@@H]3C[C@]2(C[C@@H](O)[C@H]3O)O1. The van der Waals surface area contributed by atoms with E-state index in [1.807, 2.05) is 0 Å². The van der Waals surface area contributed by atoms with E-state index in [9.17, 15) is 10.2 Å². The fourth-order valence-corrected chi connectivity index (χ4v) is 3.65. The molecular weight excluding hydrogens is 234 g/mol. The minimum absolute atomic E-state index is 0.00682. The van der Waals surface area contributed by atoms with E-state index in [1.165, 1.54) is 0 Å². The lowest BCUT2D eigenvalue weighted by molar-refractivity contribution is -0.178. The van der Waals surface area contributed by atoms with E-state index in [0.29, 0.717) is 19.3 Å². The van der Waals surface area contributed by atoms with E-state index in [-0.39, 0.29) is 18.3 Å². The van der Waals surface area contributed by atoms with Crippen LogP contribution in [0.4, 0.5) is 0 Å². The van der Waals surface area contributed by atoms with E-state index in [2.05, 4.69) is 6.07 Å². The summed E-state index contributed by atoms with van der Waals surface area (Å²) in [4.78, 5) is 0.